The van der Waals surface area contributed by atoms with E-state index in [0.29, 0.717) is 26.4 Å². The first-order valence-electron chi connectivity index (χ1n) is 6.64. The lowest BCUT2D eigenvalue weighted by Gasteiger charge is -2.12. The molecule has 0 aromatic carbocycles. The maximum atomic E-state index is 8.57. The molecule has 5 N–H and O–H groups in total. The van der Waals surface area contributed by atoms with Crippen LogP contribution < -0.4 is 20.9 Å². The summed E-state index contributed by atoms with van der Waals surface area (Å²) in [5.74, 6) is 0.303. The molecule has 0 spiro atoms. The first-order chi connectivity index (χ1) is 10.2. The van der Waals surface area contributed by atoms with Gasteiger partial charge in [-0.2, -0.15) is 9.97 Å². The van der Waals surface area contributed by atoms with Crippen LogP contribution in [0.3, 0.4) is 0 Å². The van der Waals surface area contributed by atoms with E-state index in [9.17, 15) is 0 Å². The molecule has 9 nitrogen and oxygen atoms in total. The van der Waals surface area contributed by atoms with Crippen LogP contribution in [0.2, 0.25) is 0 Å². The molecule has 1 heterocycles. The topological polar surface area (TPSA) is 135 Å². The Balaban J connectivity index is 2.53. The third-order valence-electron chi connectivity index (χ3n) is 2.27. The number of aromatic nitrogens is 2. The van der Waals surface area contributed by atoms with Crippen LogP contribution in [-0.2, 0) is 9.47 Å². The fourth-order valence-corrected chi connectivity index (χ4v) is 1.37. The lowest BCUT2D eigenvalue weighted by Crippen LogP contribution is -2.14. The minimum Gasteiger partial charge on any atom is -0.474 e. The van der Waals surface area contributed by atoms with E-state index in [2.05, 4.69) is 9.97 Å². The second-order valence-corrected chi connectivity index (χ2v) is 3.84. The van der Waals surface area contributed by atoms with Crippen LogP contribution in [0, 0.1) is 0 Å². The summed E-state index contributed by atoms with van der Waals surface area (Å²) in [5, 5.41) is 8.57. The number of nitrogens with two attached hydrogens (primary N) is 2. The molecule has 0 fully saturated rings. The summed E-state index contributed by atoms with van der Waals surface area (Å²) >= 11 is 0. The molecule has 0 aliphatic carbocycles. The third kappa shape index (κ3) is 6.43. The summed E-state index contributed by atoms with van der Waals surface area (Å²) in [5.41, 5.74) is 11.6. The zero-order chi connectivity index (χ0) is 15.5. The van der Waals surface area contributed by atoms with Crippen LogP contribution in [0.1, 0.15) is 6.92 Å². The molecule has 0 atom stereocenters. The standard InChI is InChI=1S/C12H22N4O5/c1-2-18-5-7-20-10-9(13)11(16-12(14)15-10)21-8-6-19-4-3-17/h17H,2-8,13H2,1H3,(H2,14,15,16). The number of hydrogen-bond acceptors (Lipinski definition) is 9. The summed E-state index contributed by atoms with van der Waals surface area (Å²) in [6.07, 6.45) is 0. The van der Waals surface area contributed by atoms with Crippen LogP contribution in [0.25, 0.3) is 0 Å². The van der Waals surface area contributed by atoms with E-state index >= 15 is 0 Å². The Kier molecular flexibility index (Phi) is 8.17. The Morgan fingerprint density at radius 1 is 0.905 bits per heavy atom. The molecule has 0 bridgehead atoms. The first kappa shape index (κ1) is 17.2. The molecule has 0 aliphatic rings. The third-order valence-corrected chi connectivity index (χ3v) is 2.27. The van der Waals surface area contributed by atoms with Crippen molar-refractivity contribution in [1.29, 1.82) is 0 Å². The van der Waals surface area contributed by atoms with Crippen LogP contribution in [0.5, 0.6) is 11.8 Å². The van der Waals surface area contributed by atoms with Crippen molar-refractivity contribution >= 4 is 11.6 Å². The normalized spacial score (nSPS) is 10.6. The van der Waals surface area contributed by atoms with Crippen LogP contribution in [0.15, 0.2) is 0 Å². The molecule has 9 heteroatoms. The number of hydrogen-bond donors (Lipinski definition) is 3. The number of anilines is 2. The van der Waals surface area contributed by atoms with E-state index in [0.717, 1.165) is 0 Å². The molecule has 1 aromatic heterocycles. The van der Waals surface area contributed by atoms with Gasteiger partial charge in [0.25, 0.3) is 0 Å². The van der Waals surface area contributed by atoms with Crippen LogP contribution >= 0.6 is 0 Å². The Labute approximate surface area is 123 Å². The van der Waals surface area contributed by atoms with Crippen molar-refractivity contribution in [3.8, 4) is 11.8 Å². The Morgan fingerprint density at radius 2 is 1.48 bits per heavy atom. The predicted octanol–water partition coefficient (Wildman–Crippen LogP) is -0.556. The zero-order valence-corrected chi connectivity index (χ0v) is 12.1. The van der Waals surface area contributed by atoms with E-state index in [1.54, 1.807) is 0 Å². The lowest BCUT2D eigenvalue weighted by molar-refractivity contribution is 0.0695. The quantitative estimate of drug-likeness (QED) is 0.460. The average Bonchev–Trinajstić information content (AvgIpc) is 2.47. The van der Waals surface area contributed by atoms with Gasteiger partial charge in [0.05, 0.1) is 26.4 Å². The summed E-state index contributed by atoms with van der Waals surface area (Å²) in [7, 11) is 0. The molecule has 0 amide bonds. The van der Waals surface area contributed by atoms with Gasteiger partial charge in [-0.1, -0.05) is 0 Å². The molecule has 1 rings (SSSR count). The van der Waals surface area contributed by atoms with Crippen molar-refractivity contribution in [1.82, 2.24) is 9.97 Å². The lowest BCUT2D eigenvalue weighted by atomic mass is 10.5. The highest BCUT2D eigenvalue weighted by Gasteiger charge is 2.13. The number of ether oxygens (including phenoxy) is 4. The van der Waals surface area contributed by atoms with Gasteiger partial charge in [0.2, 0.25) is 17.7 Å². The Hall–Kier alpha value is -1.84. The van der Waals surface area contributed by atoms with Gasteiger partial charge in [0, 0.05) is 6.61 Å². The van der Waals surface area contributed by atoms with Crippen molar-refractivity contribution in [3.63, 3.8) is 0 Å². The zero-order valence-electron chi connectivity index (χ0n) is 12.1. The summed E-state index contributed by atoms with van der Waals surface area (Å²) in [6, 6.07) is 0. The van der Waals surface area contributed by atoms with E-state index in [1.165, 1.54) is 0 Å². The largest absolute Gasteiger partial charge is 0.474 e. The van der Waals surface area contributed by atoms with E-state index in [-0.39, 0.29) is 43.2 Å². The molecule has 0 saturated carbocycles. The molecule has 0 saturated heterocycles. The van der Waals surface area contributed by atoms with E-state index in [1.807, 2.05) is 6.92 Å². The SMILES string of the molecule is CCOCCOc1nc(N)nc(OCCOCCO)c1N. The molecule has 1 aromatic rings. The van der Waals surface area contributed by atoms with Gasteiger partial charge >= 0.3 is 0 Å². The Bertz CT molecular complexity index is 419. The summed E-state index contributed by atoms with van der Waals surface area (Å²) < 4.78 is 20.9. The molecular weight excluding hydrogens is 280 g/mol. The number of rotatable bonds is 11. The van der Waals surface area contributed by atoms with E-state index in [4.69, 9.17) is 35.5 Å². The monoisotopic (exact) mass is 302 g/mol. The maximum absolute atomic E-state index is 8.57. The van der Waals surface area contributed by atoms with Gasteiger partial charge in [0.1, 0.15) is 13.2 Å². The van der Waals surface area contributed by atoms with Crippen LogP contribution in [0.4, 0.5) is 11.6 Å². The molecular formula is C12H22N4O5. The minimum absolute atomic E-state index is 0.00175. The molecule has 0 unspecified atom stereocenters. The van der Waals surface area contributed by atoms with Gasteiger partial charge < -0.3 is 35.5 Å². The highest BCUT2D eigenvalue weighted by Crippen LogP contribution is 2.28. The van der Waals surface area contributed by atoms with E-state index < -0.39 is 0 Å². The molecule has 0 aliphatic heterocycles. The predicted molar refractivity (Wildman–Crippen MR) is 76.2 cm³/mol. The maximum Gasteiger partial charge on any atom is 0.246 e. The van der Waals surface area contributed by atoms with Crippen LogP contribution in [-0.4, -0.2) is 61.3 Å². The van der Waals surface area contributed by atoms with Crippen molar-refractivity contribution < 1.29 is 24.1 Å². The van der Waals surface area contributed by atoms with Gasteiger partial charge in [0.15, 0.2) is 5.69 Å². The summed E-state index contributed by atoms with van der Waals surface area (Å²) in [6.45, 7) is 3.94. The molecule has 0 radical (unpaired) electrons. The van der Waals surface area contributed by atoms with Crippen molar-refractivity contribution in [3.05, 3.63) is 0 Å². The average molecular weight is 302 g/mol. The van der Waals surface area contributed by atoms with Gasteiger partial charge in [-0.15, -0.1) is 0 Å². The number of aliphatic hydroxyl groups excluding tert-OH is 1. The van der Waals surface area contributed by atoms with Crippen molar-refractivity contribution in [2.45, 2.75) is 6.92 Å². The molecule has 21 heavy (non-hydrogen) atoms. The fourth-order valence-electron chi connectivity index (χ4n) is 1.37. The minimum atomic E-state index is -0.0413. The number of nitrogen functional groups attached to an aromatic ring is 2. The smallest absolute Gasteiger partial charge is 0.246 e. The van der Waals surface area contributed by atoms with Crippen molar-refractivity contribution in [2.24, 2.45) is 0 Å². The van der Waals surface area contributed by atoms with Gasteiger partial charge in [-0.25, -0.2) is 0 Å². The number of nitrogens with zero attached hydrogens (tertiary/aromatic N) is 2. The second kappa shape index (κ2) is 9.97. The highest BCUT2D eigenvalue weighted by molar-refractivity contribution is 5.58. The second-order valence-electron chi connectivity index (χ2n) is 3.84. The van der Waals surface area contributed by atoms with Gasteiger partial charge in [-0.05, 0) is 6.92 Å². The highest BCUT2D eigenvalue weighted by atomic mass is 16.5. The van der Waals surface area contributed by atoms with Crippen molar-refractivity contribution in [2.75, 3.05) is 57.7 Å². The number of aliphatic hydroxyl groups is 1. The van der Waals surface area contributed by atoms with Gasteiger partial charge in [-0.3, -0.25) is 0 Å². The first-order valence-corrected chi connectivity index (χ1v) is 6.64. The molecule has 120 valence electrons. The fraction of sp³-hybridized carbons (Fsp3) is 0.667. The Morgan fingerprint density at radius 3 is 2.00 bits per heavy atom. The summed E-state index contributed by atoms with van der Waals surface area (Å²) in [4.78, 5) is 7.81.